The molecule has 160 valence electrons. The first-order chi connectivity index (χ1) is 14.4. The Morgan fingerprint density at radius 1 is 1.27 bits per heavy atom. The Balaban J connectivity index is 2.13. The highest BCUT2D eigenvalue weighted by atomic mass is 32.2. The Morgan fingerprint density at radius 3 is 2.63 bits per heavy atom. The van der Waals surface area contributed by atoms with E-state index in [0.29, 0.717) is 41.2 Å². The van der Waals surface area contributed by atoms with E-state index in [9.17, 15) is 9.59 Å². The summed E-state index contributed by atoms with van der Waals surface area (Å²) in [5.41, 5.74) is 1.58. The average Bonchev–Trinajstić information content (AvgIpc) is 3.00. The van der Waals surface area contributed by atoms with Crippen molar-refractivity contribution in [2.45, 2.75) is 39.0 Å². The standard InChI is InChI=1S/C22H26N2O5S/c1-6-11-29-21(26)18-13(4)23-22-24(20(25)14(5)30-22)19(18)15-9-10-16(27-7-2)17(12-15)28-8-3/h6,9-10,12,14,19H,1,7-8,11H2,2-5H3/t14-,19+/m0/s1. The van der Waals surface area contributed by atoms with Crippen LogP contribution in [-0.4, -0.2) is 47.0 Å². The van der Waals surface area contributed by atoms with E-state index in [1.165, 1.54) is 17.8 Å². The minimum atomic E-state index is -0.658. The molecule has 2 heterocycles. The molecule has 0 unspecified atom stereocenters. The maximum absolute atomic E-state index is 13.0. The van der Waals surface area contributed by atoms with E-state index in [-0.39, 0.29) is 17.8 Å². The number of benzene rings is 1. The van der Waals surface area contributed by atoms with Gasteiger partial charge in [0.15, 0.2) is 16.7 Å². The fraction of sp³-hybridized carbons (Fsp3) is 0.409. The summed E-state index contributed by atoms with van der Waals surface area (Å²) < 4.78 is 16.7. The second-order valence-electron chi connectivity index (χ2n) is 6.72. The lowest BCUT2D eigenvalue weighted by atomic mass is 9.94. The van der Waals surface area contributed by atoms with E-state index in [1.54, 1.807) is 17.9 Å². The van der Waals surface area contributed by atoms with Gasteiger partial charge in [-0.25, -0.2) is 9.79 Å². The molecule has 30 heavy (non-hydrogen) atoms. The third kappa shape index (κ3) is 4.09. The van der Waals surface area contributed by atoms with Gasteiger partial charge in [0, 0.05) is 0 Å². The van der Waals surface area contributed by atoms with E-state index in [4.69, 9.17) is 14.2 Å². The van der Waals surface area contributed by atoms with Crippen molar-refractivity contribution in [3.05, 3.63) is 47.7 Å². The quantitative estimate of drug-likeness (QED) is 0.460. The number of carbonyl (C=O) groups excluding carboxylic acids is 2. The number of esters is 1. The van der Waals surface area contributed by atoms with E-state index < -0.39 is 12.0 Å². The Morgan fingerprint density at radius 2 is 1.97 bits per heavy atom. The fourth-order valence-corrected chi connectivity index (χ4v) is 4.46. The number of thioether (sulfide) groups is 1. The number of fused-ring (bicyclic) bond motifs is 1. The summed E-state index contributed by atoms with van der Waals surface area (Å²) in [6, 6.07) is 4.80. The average molecular weight is 431 g/mol. The molecule has 1 aromatic carbocycles. The van der Waals surface area contributed by atoms with Crippen LogP contribution in [0.5, 0.6) is 11.5 Å². The van der Waals surface area contributed by atoms with Crippen LogP contribution in [0.1, 0.15) is 39.3 Å². The van der Waals surface area contributed by atoms with Crippen molar-refractivity contribution >= 4 is 28.8 Å². The number of rotatable bonds is 8. The Hall–Kier alpha value is -2.74. The topological polar surface area (TPSA) is 77.4 Å². The van der Waals surface area contributed by atoms with Crippen molar-refractivity contribution in [2.24, 2.45) is 4.99 Å². The molecule has 1 amide bonds. The molecule has 0 aliphatic carbocycles. The molecule has 1 fully saturated rings. The molecule has 0 aromatic heterocycles. The molecule has 1 saturated heterocycles. The van der Waals surface area contributed by atoms with Gasteiger partial charge in [0.25, 0.3) is 0 Å². The lowest BCUT2D eigenvalue weighted by molar-refractivity contribution is -0.139. The van der Waals surface area contributed by atoms with Crippen molar-refractivity contribution in [3.63, 3.8) is 0 Å². The zero-order valence-corrected chi connectivity index (χ0v) is 18.5. The van der Waals surface area contributed by atoms with Crippen LogP contribution in [0.4, 0.5) is 0 Å². The minimum Gasteiger partial charge on any atom is -0.490 e. The fourth-order valence-electron chi connectivity index (χ4n) is 3.43. The molecule has 3 rings (SSSR count). The van der Waals surface area contributed by atoms with Crippen molar-refractivity contribution in [1.29, 1.82) is 0 Å². The molecular weight excluding hydrogens is 404 g/mol. The first-order valence-electron chi connectivity index (χ1n) is 9.89. The zero-order valence-electron chi connectivity index (χ0n) is 17.6. The molecule has 7 nitrogen and oxygen atoms in total. The van der Waals surface area contributed by atoms with Gasteiger partial charge in [-0.15, -0.1) is 0 Å². The van der Waals surface area contributed by atoms with Gasteiger partial charge >= 0.3 is 5.97 Å². The first-order valence-corrected chi connectivity index (χ1v) is 10.8. The van der Waals surface area contributed by atoms with E-state index in [0.717, 1.165) is 5.56 Å². The van der Waals surface area contributed by atoms with Crippen molar-refractivity contribution in [1.82, 2.24) is 4.90 Å². The third-order valence-corrected chi connectivity index (χ3v) is 5.75. The monoisotopic (exact) mass is 430 g/mol. The van der Waals surface area contributed by atoms with E-state index in [2.05, 4.69) is 11.6 Å². The molecule has 0 saturated carbocycles. The maximum atomic E-state index is 13.0. The van der Waals surface area contributed by atoms with Gasteiger partial charge in [-0.1, -0.05) is 30.5 Å². The predicted molar refractivity (Wildman–Crippen MR) is 117 cm³/mol. The van der Waals surface area contributed by atoms with Gasteiger partial charge in [-0.3, -0.25) is 9.69 Å². The molecule has 0 bridgehead atoms. The van der Waals surface area contributed by atoms with Gasteiger partial charge in [0.2, 0.25) is 5.91 Å². The van der Waals surface area contributed by atoms with Crippen LogP contribution in [0.2, 0.25) is 0 Å². The number of hydrogen-bond donors (Lipinski definition) is 0. The van der Waals surface area contributed by atoms with Gasteiger partial charge in [-0.05, 0) is 45.4 Å². The first kappa shape index (κ1) is 22.0. The predicted octanol–water partition coefficient (Wildman–Crippen LogP) is 3.86. The lowest BCUT2D eigenvalue weighted by Gasteiger charge is -2.33. The van der Waals surface area contributed by atoms with Gasteiger partial charge in [0.05, 0.1) is 35.8 Å². The van der Waals surface area contributed by atoms with Gasteiger partial charge in [-0.2, -0.15) is 0 Å². The van der Waals surface area contributed by atoms with Crippen LogP contribution in [0.3, 0.4) is 0 Å². The van der Waals surface area contributed by atoms with Crippen LogP contribution in [0.25, 0.3) is 0 Å². The van der Waals surface area contributed by atoms with Crippen LogP contribution in [0.15, 0.2) is 47.1 Å². The van der Waals surface area contributed by atoms with E-state index in [1.807, 2.05) is 32.9 Å². The zero-order chi connectivity index (χ0) is 21.8. The number of amides is 1. The highest BCUT2D eigenvalue weighted by Gasteiger charge is 2.46. The molecule has 2 atom stereocenters. The summed E-state index contributed by atoms with van der Waals surface area (Å²) >= 11 is 1.39. The third-order valence-electron chi connectivity index (χ3n) is 4.69. The molecule has 2 aliphatic heterocycles. The van der Waals surface area contributed by atoms with Crippen molar-refractivity contribution in [2.75, 3.05) is 19.8 Å². The van der Waals surface area contributed by atoms with Gasteiger partial charge in [0.1, 0.15) is 6.61 Å². The number of hydrogen-bond acceptors (Lipinski definition) is 7. The second-order valence-corrected chi connectivity index (χ2v) is 8.03. The molecule has 0 spiro atoms. The number of carbonyl (C=O) groups is 2. The van der Waals surface area contributed by atoms with Crippen LogP contribution < -0.4 is 9.47 Å². The molecule has 0 radical (unpaired) electrons. The smallest absolute Gasteiger partial charge is 0.338 e. The Kier molecular flexibility index (Phi) is 6.87. The largest absolute Gasteiger partial charge is 0.490 e. The number of allylic oxidation sites excluding steroid dienone is 1. The van der Waals surface area contributed by atoms with Gasteiger partial charge < -0.3 is 14.2 Å². The number of amidine groups is 1. The highest BCUT2D eigenvalue weighted by Crippen LogP contribution is 2.44. The summed E-state index contributed by atoms with van der Waals surface area (Å²) in [5.74, 6) is 0.547. The summed E-state index contributed by atoms with van der Waals surface area (Å²) in [7, 11) is 0. The Labute approximate surface area is 180 Å². The van der Waals surface area contributed by atoms with Crippen molar-refractivity contribution in [3.8, 4) is 11.5 Å². The molecule has 0 N–H and O–H groups in total. The number of ether oxygens (including phenoxy) is 3. The highest BCUT2D eigenvalue weighted by molar-refractivity contribution is 8.15. The number of nitrogens with zero attached hydrogens (tertiary/aromatic N) is 2. The number of aliphatic imine (C=N–C) groups is 1. The second kappa shape index (κ2) is 9.38. The normalized spacial score (nSPS) is 20.6. The molecular formula is C22H26N2O5S. The van der Waals surface area contributed by atoms with E-state index >= 15 is 0 Å². The minimum absolute atomic E-state index is 0.0749. The molecule has 1 aromatic rings. The summed E-state index contributed by atoms with van der Waals surface area (Å²) in [6.07, 6.45) is 1.50. The van der Waals surface area contributed by atoms with Crippen LogP contribution >= 0.6 is 11.8 Å². The lowest BCUT2D eigenvalue weighted by Crippen LogP contribution is -2.40. The van der Waals surface area contributed by atoms with Crippen LogP contribution in [0, 0.1) is 0 Å². The SMILES string of the molecule is C=CCOC(=O)C1=C(C)N=C2S[C@@H](C)C(=O)N2[C@@H]1c1ccc(OCC)c(OCC)c1. The van der Waals surface area contributed by atoms with Crippen LogP contribution in [-0.2, 0) is 14.3 Å². The maximum Gasteiger partial charge on any atom is 0.338 e. The Bertz CT molecular complexity index is 924. The molecule has 8 heteroatoms. The van der Waals surface area contributed by atoms with Crippen molar-refractivity contribution < 1.29 is 23.8 Å². The summed E-state index contributed by atoms with van der Waals surface area (Å²) in [4.78, 5) is 32.0. The summed E-state index contributed by atoms with van der Waals surface area (Å²) in [6.45, 7) is 12.0. The molecule has 2 aliphatic rings. The summed E-state index contributed by atoms with van der Waals surface area (Å²) in [5, 5.41) is 0.304.